The van der Waals surface area contributed by atoms with Crippen molar-refractivity contribution >= 4 is 47.3 Å². The number of nitrogens with one attached hydrogen (secondary N) is 1. The van der Waals surface area contributed by atoms with Gasteiger partial charge in [0.25, 0.3) is 0 Å². The van der Waals surface area contributed by atoms with Gasteiger partial charge in [-0.3, -0.25) is 14.4 Å². The minimum Gasteiger partial charge on any atom is -0.461 e. The molecule has 2 N–H and O–H groups in total. The van der Waals surface area contributed by atoms with Gasteiger partial charge < -0.3 is 24.8 Å². The Balaban J connectivity index is 1.34. The van der Waals surface area contributed by atoms with Crippen LogP contribution in [0, 0.1) is 5.92 Å². The lowest BCUT2D eigenvalue weighted by Gasteiger charge is -2.51. The number of β-lactam (4-membered cyclic amide) rings is 1. The second-order valence-electron chi connectivity index (χ2n) is 11.5. The Morgan fingerprint density at radius 2 is 1.55 bits per heavy atom. The molecule has 3 aromatic rings. The Bertz CT molecular complexity index is 1530. The van der Waals surface area contributed by atoms with E-state index in [1.807, 2.05) is 97.9 Å². The van der Waals surface area contributed by atoms with Crippen molar-refractivity contribution in [2.75, 3.05) is 12.4 Å². The SMILES string of the molecule is CCC(O)C(C)CC(=O)OCC1=CS[C@H]2C(NC(=O)CSc3ccccc3)C(=O)N2C1C(=O)OC(c1ccccc1)c1ccccc1. The van der Waals surface area contributed by atoms with Gasteiger partial charge in [0.05, 0.1) is 18.3 Å². The summed E-state index contributed by atoms with van der Waals surface area (Å²) in [6.07, 6.45) is -0.870. The van der Waals surface area contributed by atoms with Crippen molar-refractivity contribution in [1.82, 2.24) is 10.2 Å². The average molecular weight is 675 g/mol. The smallest absolute Gasteiger partial charge is 0.334 e. The highest BCUT2D eigenvalue weighted by molar-refractivity contribution is 8.03. The normalized spacial score (nSPS) is 19.9. The third kappa shape index (κ3) is 8.46. The summed E-state index contributed by atoms with van der Waals surface area (Å²) >= 11 is 2.65. The largest absolute Gasteiger partial charge is 0.461 e. The van der Waals surface area contributed by atoms with Crippen LogP contribution in [-0.4, -0.2) is 69.7 Å². The Kier molecular flexibility index (Phi) is 11.8. The molecule has 0 aliphatic carbocycles. The predicted octanol–water partition coefficient (Wildman–Crippen LogP) is 5.10. The summed E-state index contributed by atoms with van der Waals surface area (Å²) < 4.78 is 11.7. The second-order valence-corrected chi connectivity index (χ2v) is 13.5. The number of hydrogen-bond acceptors (Lipinski definition) is 9. The van der Waals surface area contributed by atoms with E-state index in [0.717, 1.165) is 16.0 Å². The van der Waals surface area contributed by atoms with E-state index in [-0.39, 0.29) is 30.6 Å². The van der Waals surface area contributed by atoms with Gasteiger partial charge in [-0.25, -0.2) is 4.79 Å². The van der Waals surface area contributed by atoms with Crippen molar-refractivity contribution < 1.29 is 33.8 Å². The summed E-state index contributed by atoms with van der Waals surface area (Å²) in [6.45, 7) is 3.38. The topological polar surface area (TPSA) is 122 Å². The highest BCUT2D eigenvalue weighted by atomic mass is 32.2. The number of amides is 2. The minimum absolute atomic E-state index is 0.00893. The maximum absolute atomic E-state index is 14.1. The van der Waals surface area contributed by atoms with Gasteiger partial charge in [-0.15, -0.1) is 23.5 Å². The van der Waals surface area contributed by atoms with Gasteiger partial charge in [-0.1, -0.05) is 92.7 Å². The van der Waals surface area contributed by atoms with Crippen LogP contribution < -0.4 is 5.32 Å². The molecule has 0 spiro atoms. The van der Waals surface area contributed by atoms with Crippen LogP contribution in [0.15, 0.2) is 107 Å². The van der Waals surface area contributed by atoms with E-state index in [4.69, 9.17) is 9.47 Å². The number of carbonyl (C=O) groups excluding carboxylic acids is 4. The zero-order valence-corrected chi connectivity index (χ0v) is 27.8. The van der Waals surface area contributed by atoms with Crippen LogP contribution in [0.2, 0.25) is 0 Å². The van der Waals surface area contributed by atoms with Crippen LogP contribution in [0.25, 0.3) is 0 Å². The number of aliphatic hydroxyl groups excluding tert-OH is 1. The highest BCUT2D eigenvalue weighted by Crippen LogP contribution is 2.41. The second kappa shape index (κ2) is 16.2. The van der Waals surface area contributed by atoms with E-state index >= 15 is 0 Å². The fourth-order valence-corrected chi connectivity index (χ4v) is 7.43. The van der Waals surface area contributed by atoms with Crippen molar-refractivity contribution in [3.05, 3.63) is 113 Å². The molecule has 9 nitrogen and oxygen atoms in total. The molecule has 0 saturated carbocycles. The van der Waals surface area contributed by atoms with Gasteiger partial charge in [0, 0.05) is 10.5 Å². The van der Waals surface area contributed by atoms with Gasteiger partial charge in [0.15, 0.2) is 12.1 Å². The lowest BCUT2D eigenvalue weighted by atomic mass is 9.97. The minimum atomic E-state index is -1.16. The van der Waals surface area contributed by atoms with E-state index in [9.17, 15) is 24.3 Å². The highest BCUT2D eigenvalue weighted by Gasteiger charge is 2.56. The first-order chi connectivity index (χ1) is 22.8. The van der Waals surface area contributed by atoms with Crippen molar-refractivity contribution in [2.24, 2.45) is 5.92 Å². The lowest BCUT2D eigenvalue weighted by Crippen LogP contribution is -2.74. The number of esters is 2. The van der Waals surface area contributed by atoms with E-state index in [0.29, 0.717) is 12.0 Å². The van der Waals surface area contributed by atoms with Crippen LogP contribution in [0.5, 0.6) is 0 Å². The van der Waals surface area contributed by atoms with Gasteiger partial charge in [-0.05, 0) is 41.0 Å². The van der Waals surface area contributed by atoms with Crippen LogP contribution >= 0.6 is 23.5 Å². The molecular weight excluding hydrogens is 637 g/mol. The summed E-state index contributed by atoms with van der Waals surface area (Å²) in [4.78, 5) is 55.6. The van der Waals surface area contributed by atoms with Crippen molar-refractivity contribution in [1.29, 1.82) is 0 Å². The number of fused-ring (bicyclic) bond motifs is 1. The summed E-state index contributed by atoms with van der Waals surface area (Å²) in [7, 11) is 0. The quantitative estimate of drug-likeness (QED) is 0.137. The van der Waals surface area contributed by atoms with Gasteiger partial charge in [0.2, 0.25) is 11.8 Å². The van der Waals surface area contributed by atoms with Gasteiger partial charge >= 0.3 is 11.9 Å². The van der Waals surface area contributed by atoms with Gasteiger partial charge in [-0.2, -0.15) is 0 Å². The molecule has 4 unspecified atom stereocenters. The summed E-state index contributed by atoms with van der Waals surface area (Å²) in [6, 6.07) is 26.1. The number of carbonyl (C=O) groups is 4. The van der Waals surface area contributed by atoms with Crippen LogP contribution in [0.3, 0.4) is 0 Å². The monoisotopic (exact) mass is 674 g/mol. The van der Waals surface area contributed by atoms with Crippen molar-refractivity contribution in [2.45, 2.75) is 61.3 Å². The van der Waals surface area contributed by atoms with E-state index in [2.05, 4.69) is 5.32 Å². The molecule has 0 aromatic heterocycles. The van der Waals surface area contributed by atoms with Crippen LogP contribution in [0.4, 0.5) is 0 Å². The summed E-state index contributed by atoms with van der Waals surface area (Å²) in [5, 5.41) is 14.1. The molecule has 5 rings (SSSR count). The maximum Gasteiger partial charge on any atom is 0.334 e. The predicted molar refractivity (Wildman–Crippen MR) is 181 cm³/mol. The maximum atomic E-state index is 14.1. The Morgan fingerprint density at radius 3 is 2.15 bits per heavy atom. The number of thioether (sulfide) groups is 2. The van der Waals surface area contributed by atoms with Crippen LogP contribution in [-0.2, 0) is 28.7 Å². The Morgan fingerprint density at radius 1 is 0.957 bits per heavy atom. The number of benzene rings is 3. The van der Waals surface area contributed by atoms with Crippen LogP contribution in [0.1, 0.15) is 43.9 Å². The summed E-state index contributed by atoms with van der Waals surface area (Å²) in [5.41, 5.74) is 1.90. The van der Waals surface area contributed by atoms with E-state index in [1.165, 1.54) is 28.4 Å². The molecule has 11 heteroatoms. The van der Waals surface area contributed by atoms with Crippen molar-refractivity contribution in [3.63, 3.8) is 0 Å². The number of aliphatic hydroxyl groups is 1. The lowest BCUT2D eigenvalue weighted by molar-refractivity contribution is -0.166. The van der Waals surface area contributed by atoms with E-state index < -0.39 is 47.5 Å². The molecule has 1 fully saturated rings. The number of rotatable bonds is 14. The molecule has 1 saturated heterocycles. The first-order valence-electron chi connectivity index (χ1n) is 15.5. The molecule has 5 atom stereocenters. The molecular formula is C36H38N2O7S2. The van der Waals surface area contributed by atoms with Gasteiger partial charge in [0.1, 0.15) is 18.0 Å². The molecule has 3 aromatic carbocycles. The number of ether oxygens (including phenoxy) is 2. The fraction of sp³-hybridized carbons (Fsp3) is 0.333. The molecule has 0 bridgehead atoms. The Hall–Kier alpha value is -4.06. The van der Waals surface area contributed by atoms with Crippen molar-refractivity contribution in [3.8, 4) is 0 Å². The molecule has 2 heterocycles. The molecule has 0 radical (unpaired) electrons. The van der Waals surface area contributed by atoms with E-state index in [1.54, 1.807) is 12.3 Å². The molecule has 2 amide bonds. The fourth-order valence-electron chi connectivity index (χ4n) is 5.49. The molecule has 246 valence electrons. The number of hydrogen-bond donors (Lipinski definition) is 2. The molecule has 2 aliphatic rings. The Labute approximate surface area is 283 Å². The zero-order valence-electron chi connectivity index (χ0n) is 26.2. The first kappa shape index (κ1) is 34.3. The first-order valence-corrected chi connectivity index (χ1v) is 17.5. The molecule has 2 aliphatic heterocycles. The average Bonchev–Trinajstić information content (AvgIpc) is 3.11. The third-order valence-electron chi connectivity index (χ3n) is 8.12. The third-order valence-corrected chi connectivity index (χ3v) is 10.4. The standard InChI is InChI=1S/C36H38N2O7S2/c1-3-28(39)23(2)19-30(41)44-20-26-21-47-35-31(37-29(40)22-46-27-17-11-6-12-18-27)34(42)38(35)32(26)36(43)45-33(24-13-7-4-8-14-24)25-15-9-5-10-16-25/h4-18,21,23,28,31-33,35,39H,3,19-20,22H2,1-2H3,(H,37,40)/t23?,28?,31?,32?,35-/m0/s1. The summed E-state index contributed by atoms with van der Waals surface area (Å²) in [5.74, 6) is -2.08. The zero-order chi connectivity index (χ0) is 33.3. The molecule has 47 heavy (non-hydrogen) atoms. The number of nitrogens with zero attached hydrogens (tertiary/aromatic N) is 1.